The highest BCUT2D eigenvalue weighted by molar-refractivity contribution is 7.90. The van der Waals surface area contributed by atoms with Crippen molar-refractivity contribution < 1.29 is 17.9 Å². The highest BCUT2D eigenvalue weighted by Crippen LogP contribution is 2.28. The number of nitrogens with zero attached hydrogens (tertiary/aromatic N) is 3. The number of piperazine rings is 1. The third kappa shape index (κ3) is 3.06. The van der Waals surface area contributed by atoms with Crippen LogP contribution in [0.3, 0.4) is 0 Å². The highest BCUT2D eigenvalue weighted by Gasteiger charge is 2.33. The zero-order valence-electron chi connectivity index (χ0n) is 14.8. The monoisotopic (exact) mass is 385 g/mol. The number of methoxy groups -OCH3 is 1. The summed E-state index contributed by atoms with van der Waals surface area (Å²) >= 11 is 0. The summed E-state index contributed by atoms with van der Waals surface area (Å²) in [5.74, 6) is 0.925. The first-order chi connectivity index (χ1) is 13.0. The Kier molecular flexibility index (Phi) is 4.35. The molecular formula is C19H19N3O4S. The second-order valence-electron chi connectivity index (χ2n) is 6.37. The Morgan fingerprint density at radius 3 is 2.41 bits per heavy atom. The zero-order valence-corrected chi connectivity index (χ0v) is 15.6. The first kappa shape index (κ1) is 17.5. The minimum Gasteiger partial charge on any atom is -0.496 e. The predicted octanol–water partition coefficient (Wildman–Crippen LogP) is 1.60. The molecule has 0 aromatic heterocycles. The van der Waals surface area contributed by atoms with Crippen LogP contribution in [0.1, 0.15) is 15.9 Å². The van der Waals surface area contributed by atoms with Gasteiger partial charge in [0.25, 0.3) is 15.9 Å². The van der Waals surface area contributed by atoms with E-state index in [2.05, 4.69) is 4.40 Å². The minimum absolute atomic E-state index is 0.0894. The third-order valence-electron chi connectivity index (χ3n) is 4.82. The second-order valence-corrected chi connectivity index (χ2v) is 7.94. The Hall–Kier alpha value is -2.87. The number of fused-ring (bicyclic) bond motifs is 1. The molecule has 1 fully saturated rings. The van der Waals surface area contributed by atoms with E-state index in [0.717, 1.165) is 0 Å². The number of hydrogen-bond acceptors (Lipinski definition) is 5. The molecule has 2 aromatic carbocycles. The van der Waals surface area contributed by atoms with E-state index < -0.39 is 10.0 Å². The van der Waals surface area contributed by atoms with Crippen molar-refractivity contribution in [2.45, 2.75) is 4.90 Å². The van der Waals surface area contributed by atoms with Crippen LogP contribution < -0.4 is 4.74 Å². The van der Waals surface area contributed by atoms with E-state index in [9.17, 15) is 13.2 Å². The van der Waals surface area contributed by atoms with Crippen molar-refractivity contribution in [1.82, 2.24) is 9.80 Å². The van der Waals surface area contributed by atoms with Crippen LogP contribution in [0, 0.1) is 0 Å². The van der Waals surface area contributed by atoms with Gasteiger partial charge in [-0.15, -0.1) is 4.40 Å². The van der Waals surface area contributed by atoms with Crippen LogP contribution in [0.4, 0.5) is 0 Å². The number of benzene rings is 2. The van der Waals surface area contributed by atoms with Gasteiger partial charge in [0.05, 0.1) is 12.7 Å². The summed E-state index contributed by atoms with van der Waals surface area (Å²) in [6, 6.07) is 14.0. The quantitative estimate of drug-likeness (QED) is 0.785. The number of carbonyl (C=O) groups excluding carboxylic acids is 1. The maximum Gasteiger partial charge on any atom is 0.285 e. The van der Waals surface area contributed by atoms with Gasteiger partial charge in [0.2, 0.25) is 0 Å². The van der Waals surface area contributed by atoms with Crippen molar-refractivity contribution in [3.8, 4) is 5.75 Å². The molecule has 8 heteroatoms. The summed E-state index contributed by atoms with van der Waals surface area (Å²) in [5, 5.41) is 0. The SMILES string of the molecule is COc1ccccc1C(=O)N1CCN(C2=NS(=O)(=O)c3ccccc32)CC1. The summed E-state index contributed by atoms with van der Waals surface area (Å²) in [7, 11) is -2.09. The summed E-state index contributed by atoms with van der Waals surface area (Å²) < 4.78 is 33.7. The smallest absolute Gasteiger partial charge is 0.285 e. The van der Waals surface area contributed by atoms with Gasteiger partial charge in [0.15, 0.2) is 5.84 Å². The molecule has 0 bridgehead atoms. The zero-order chi connectivity index (χ0) is 19.0. The average molecular weight is 385 g/mol. The lowest BCUT2D eigenvalue weighted by atomic mass is 10.1. The van der Waals surface area contributed by atoms with E-state index in [0.29, 0.717) is 48.9 Å². The lowest BCUT2D eigenvalue weighted by Crippen LogP contribution is -2.50. The number of sulfonamides is 1. The fourth-order valence-corrected chi connectivity index (χ4v) is 4.66. The Balaban J connectivity index is 1.51. The van der Waals surface area contributed by atoms with Gasteiger partial charge >= 0.3 is 0 Å². The maximum absolute atomic E-state index is 12.8. The first-order valence-electron chi connectivity index (χ1n) is 8.63. The number of rotatable bonds is 2. The molecule has 7 nitrogen and oxygen atoms in total. The average Bonchev–Trinajstić information content (AvgIpc) is 2.99. The Morgan fingerprint density at radius 2 is 1.67 bits per heavy atom. The molecule has 0 N–H and O–H groups in total. The van der Waals surface area contributed by atoms with Gasteiger partial charge in [-0.1, -0.05) is 24.3 Å². The van der Waals surface area contributed by atoms with Crippen LogP contribution in [0.2, 0.25) is 0 Å². The lowest BCUT2D eigenvalue weighted by molar-refractivity contribution is 0.0689. The van der Waals surface area contributed by atoms with Crippen molar-refractivity contribution >= 4 is 21.8 Å². The molecule has 0 radical (unpaired) electrons. The van der Waals surface area contributed by atoms with Gasteiger partial charge < -0.3 is 14.5 Å². The molecule has 0 saturated carbocycles. The molecule has 2 heterocycles. The van der Waals surface area contributed by atoms with Gasteiger partial charge in [-0.3, -0.25) is 4.79 Å². The lowest BCUT2D eigenvalue weighted by Gasteiger charge is -2.36. The molecule has 0 spiro atoms. The molecule has 2 aliphatic rings. The van der Waals surface area contributed by atoms with E-state index in [1.165, 1.54) is 0 Å². The van der Waals surface area contributed by atoms with E-state index in [4.69, 9.17) is 4.74 Å². The molecule has 0 unspecified atom stereocenters. The fraction of sp³-hybridized carbons (Fsp3) is 0.263. The molecule has 1 amide bonds. The van der Waals surface area contributed by atoms with Crippen molar-refractivity contribution in [2.75, 3.05) is 33.3 Å². The fourth-order valence-electron chi connectivity index (χ4n) is 3.43. The van der Waals surface area contributed by atoms with Gasteiger partial charge in [-0.2, -0.15) is 8.42 Å². The van der Waals surface area contributed by atoms with Crippen LogP contribution in [0.15, 0.2) is 57.8 Å². The Labute approximate surface area is 157 Å². The Bertz CT molecular complexity index is 1020. The number of para-hydroxylation sites is 1. The second kappa shape index (κ2) is 6.70. The molecule has 0 aliphatic carbocycles. The van der Waals surface area contributed by atoms with Crippen LogP contribution in [0.5, 0.6) is 5.75 Å². The van der Waals surface area contributed by atoms with Crippen molar-refractivity contribution in [3.63, 3.8) is 0 Å². The third-order valence-corrected chi connectivity index (χ3v) is 6.14. The van der Waals surface area contributed by atoms with E-state index in [-0.39, 0.29) is 10.8 Å². The standard InChI is InChI=1S/C19H19N3O4S/c1-26-16-8-4-2-6-14(16)19(23)22-12-10-21(11-13-22)18-15-7-3-5-9-17(15)27(24,25)20-18/h2-9H,10-13H2,1H3. The van der Waals surface area contributed by atoms with Crippen molar-refractivity contribution in [2.24, 2.45) is 4.40 Å². The summed E-state index contributed by atoms with van der Waals surface area (Å²) in [6.45, 7) is 2.00. The van der Waals surface area contributed by atoms with Gasteiger partial charge in [-0.25, -0.2) is 0 Å². The van der Waals surface area contributed by atoms with Gasteiger partial charge in [0, 0.05) is 31.7 Å². The molecule has 140 valence electrons. The molecule has 2 aliphatic heterocycles. The molecule has 0 atom stereocenters. The molecule has 2 aromatic rings. The Morgan fingerprint density at radius 1 is 1.00 bits per heavy atom. The van der Waals surface area contributed by atoms with E-state index >= 15 is 0 Å². The summed E-state index contributed by atoms with van der Waals surface area (Å²) in [5.41, 5.74) is 1.15. The molecule has 1 saturated heterocycles. The normalized spacial score (nSPS) is 18.0. The van der Waals surface area contributed by atoms with Crippen molar-refractivity contribution in [3.05, 3.63) is 59.7 Å². The number of amidine groups is 1. The number of hydrogen-bond donors (Lipinski definition) is 0. The van der Waals surface area contributed by atoms with E-state index in [1.807, 2.05) is 11.0 Å². The van der Waals surface area contributed by atoms with Crippen LogP contribution >= 0.6 is 0 Å². The number of ether oxygens (including phenoxy) is 1. The molecule has 4 rings (SSSR count). The predicted molar refractivity (Wildman–Crippen MR) is 101 cm³/mol. The van der Waals surface area contributed by atoms with Crippen LogP contribution in [0.25, 0.3) is 0 Å². The van der Waals surface area contributed by atoms with Gasteiger partial charge in [0.1, 0.15) is 10.6 Å². The topological polar surface area (TPSA) is 79.3 Å². The summed E-state index contributed by atoms with van der Waals surface area (Å²) in [4.78, 5) is 16.7. The first-order valence-corrected chi connectivity index (χ1v) is 10.1. The number of amides is 1. The highest BCUT2D eigenvalue weighted by atomic mass is 32.2. The molecule has 27 heavy (non-hydrogen) atoms. The maximum atomic E-state index is 12.8. The largest absolute Gasteiger partial charge is 0.496 e. The van der Waals surface area contributed by atoms with E-state index in [1.54, 1.807) is 54.5 Å². The summed E-state index contributed by atoms with van der Waals surface area (Å²) in [6.07, 6.45) is 0. The van der Waals surface area contributed by atoms with Crippen molar-refractivity contribution in [1.29, 1.82) is 0 Å². The minimum atomic E-state index is -3.64. The molecular weight excluding hydrogens is 366 g/mol. The number of carbonyl (C=O) groups is 1. The van der Waals surface area contributed by atoms with Crippen LogP contribution in [-0.2, 0) is 10.0 Å². The van der Waals surface area contributed by atoms with Crippen LogP contribution in [-0.4, -0.2) is 63.2 Å². The van der Waals surface area contributed by atoms with Gasteiger partial charge in [-0.05, 0) is 24.3 Å².